The van der Waals surface area contributed by atoms with Crippen molar-refractivity contribution in [3.63, 3.8) is 0 Å². The van der Waals surface area contributed by atoms with Gasteiger partial charge in [-0.2, -0.15) is 0 Å². The van der Waals surface area contributed by atoms with E-state index < -0.39 is 13.3 Å². The summed E-state index contributed by atoms with van der Waals surface area (Å²) in [6, 6.07) is 0. The van der Waals surface area contributed by atoms with Gasteiger partial charge in [0.1, 0.15) is 11.4 Å². The van der Waals surface area contributed by atoms with Gasteiger partial charge in [-0.1, -0.05) is 32.6 Å². The van der Waals surface area contributed by atoms with E-state index in [0.717, 1.165) is 19.3 Å². The molecule has 0 spiro atoms. The Labute approximate surface area is 110 Å². The first-order chi connectivity index (χ1) is 8.59. The monoisotopic (exact) mass is 276 g/mol. The summed E-state index contributed by atoms with van der Waals surface area (Å²) in [5.74, 6) is 0.211. The third-order valence-corrected chi connectivity index (χ3v) is 6.22. The molecule has 0 amide bonds. The molecule has 0 bridgehead atoms. The van der Waals surface area contributed by atoms with E-state index in [9.17, 15) is 9.36 Å². The molecule has 18 heavy (non-hydrogen) atoms. The maximum atomic E-state index is 12.4. The smallest absolute Gasteiger partial charge is 0.311 e. The topological polar surface area (TPSA) is 52.6 Å². The van der Waals surface area contributed by atoms with Crippen LogP contribution in [0.4, 0.5) is 0 Å². The van der Waals surface area contributed by atoms with Crippen molar-refractivity contribution in [2.24, 2.45) is 5.92 Å². The van der Waals surface area contributed by atoms with Crippen LogP contribution >= 0.6 is 7.60 Å². The fourth-order valence-electron chi connectivity index (χ4n) is 2.77. The predicted molar refractivity (Wildman–Crippen MR) is 71.9 cm³/mol. The molecule has 1 aliphatic carbocycles. The van der Waals surface area contributed by atoms with Crippen molar-refractivity contribution in [1.29, 1.82) is 0 Å². The van der Waals surface area contributed by atoms with Crippen LogP contribution in [0.15, 0.2) is 0 Å². The Morgan fingerprint density at radius 3 is 2.44 bits per heavy atom. The highest BCUT2D eigenvalue weighted by atomic mass is 31.2. The van der Waals surface area contributed by atoms with Gasteiger partial charge < -0.3 is 9.05 Å². The van der Waals surface area contributed by atoms with Crippen LogP contribution in [0.1, 0.15) is 51.9 Å². The lowest BCUT2D eigenvalue weighted by molar-refractivity contribution is -0.117. The molecule has 0 radical (unpaired) electrons. The molecule has 0 aromatic heterocycles. The van der Waals surface area contributed by atoms with Gasteiger partial charge in [-0.15, -0.1) is 0 Å². The Hall–Kier alpha value is -0.180. The Balaban J connectivity index is 2.61. The lowest BCUT2D eigenvalue weighted by atomic mass is 9.99. The molecule has 0 aromatic carbocycles. The zero-order valence-electron chi connectivity index (χ0n) is 11.7. The number of ketones is 1. The van der Waals surface area contributed by atoms with Crippen LogP contribution in [0.3, 0.4) is 0 Å². The van der Waals surface area contributed by atoms with E-state index >= 15 is 0 Å². The lowest BCUT2D eigenvalue weighted by Crippen LogP contribution is -2.23. The van der Waals surface area contributed by atoms with Crippen molar-refractivity contribution in [1.82, 2.24) is 0 Å². The summed E-state index contributed by atoms with van der Waals surface area (Å²) in [7, 11) is -0.516. The van der Waals surface area contributed by atoms with Crippen LogP contribution in [-0.4, -0.2) is 25.7 Å². The number of hydrogen-bond acceptors (Lipinski definition) is 4. The summed E-state index contributed by atoms with van der Waals surface area (Å²) in [5.41, 5.74) is -0.533. The molecular formula is C13H25O4P. The molecule has 0 saturated heterocycles. The highest BCUT2D eigenvalue weighted by Crippen LogP contribution is 2.58. The van der Waals surface area contributed by atoms with Crippen LogP contribution < -0.4 is 0 Å². The normalized spacial score (nSPS) is 24.7. The minimum Gasteiger partial charge on any atom is -0.311 e. The Kier molecular flexibility index (Phi) is 6.54. The first kappa shape index (κ1) is 15.9. The third-order valence-electron chi connectivity index (χ3n) is 3.82. The van der Waals surface area contributed by atoms with E-state index in [1.807, 2.05) is 0 Å². The van der Waals surface area contributed by atoms with Gasteiger partial charge in [-0.05, 0) is 18.8 Å². The first-order valence-electron chi connectivity index (χ1n) is 6.83. The molecular weight excluding hydrogens is 251 g/mol. The summed E-state index contributed by atoms with van der Waals surface area (Å²) >= 11 is 0. The van der Waals surface area contributed by atoms with Crippen LogP contribution in [0.2, 0.25) is 0 Å². The lowest BCUT2D eigenvalue weighted by Gasteiger charge is -2.24. The van der Waals surface area contributed by atoms with E-state index in [4.69, 9.17) is 9.05 Å². The minimum atomic E-state index is -3.25. The zero-order chi connectivity index (χ0) is 13.6. The highest BCUT2D eigenvalue weighted by molar-refractivity contribution is 7.55. The Bertz CT molecular complexity index is 308. The van der Waals surface area contributed by atoms with Gasteiger partial charge in [0, 0.05) is 20.6 Å². The summed E-state index contributed by atoms with van der Waals surface area (Å²) in [4.78, 5) is 11.9. The van der Waals surface area contributed by atoms with E-state index in [-0.39, 0.29) is 11.7 Å². The van der Waals surface area contributed by atoms with Gasteiger partial charge >= 0.3 is 7.60 Å². The Morgan fingerprint density at radius 2 is 1.89 bits per heavy atom. The summed E-state index contributed by atoms with van der Waals surface area (Å²) in [6.07, 6.45) is 6.98. The molecule has 1 fully saturated rings. The van der Waals surface area contributed by atoms with Gasteiger partial charge in [0.2, 0.25) is 0 Å². The molecule has 0 N–H and O–H groups in total. The summed E-state index contributed by atoms with van der Waals surface area (Å²) in [6.45, 7) is 2.17. The van der Waals surface area contributed by atoms with E-state index in [1.54, 1.807) is 0 Å². The SMILES string of the molecule is CCCCCC[C@@H]1CCC(=O)[C@H]1P(=O)(OC)OC. The number of carbonyl (C=O) groups excluding carboxylic acids is 1. The van der Waals surface area contributed by atoms with Crippen molar-refractivity contribution in [3.8, 4) is 0 Å². The van der Waals surface area contributed by atoms with Crippen molar-refractivity contribution in [2.75, 3.05) is 14.2 Å². The fourth-order valence-corrected chi connectivity index (χ4v) is 4.67. The average molecular weight is 276 g/mol. The molecule has 106 valence electrons. The van der Waals surface area contributed by atoms with Crippen molar-refractivity contribution in [2.45, 2.75) is 57.5 Å². The zero-order valence-corrected chi connectivity index (χ0v) is 12.6. The van der Waals surface area contributed by atoms with Gasteiger partial charge in [0.15, 0.2) is 0 Å². The molecule has 1 aliphatic rings. The highest BCUT2D eigenvalue weighted by Gasteiger charge is 2.48. The van der Waals surface area contributed by atoms with Crippen molar-refractivity contribution < 1.29 is 18.4 Å². The van der Waals surface area contributed by atoms with Crippen molar-refractivity contribution in [3.05, 3.63) is 0 Å². The number of unbranched alkanes of at least 4 members (excludes halogenated alkanes) is 3. The summed E-state index contributed by atoms with van der Waals surface area (Å²) < 4.78 is 22.4. The predicted octanol–water partition coefficient (Wildman–Crippen LogP) is 3.79. The fraction of sp³-hybridized carbons (Fsp3) is 0.923. The van der Waals surface area contributed by atoms with E-state index in [1.165, 1.54) is 33.5 Å². The van der Waals surface area contributed by atoms with Crippen molar-refractivity contribution >= 4 is 13.4 Å². The minimum absolute atomic E-state index is 0.0440. The first-order valence-corrected chi connectivity index (χ1v) is 8.44. The largest absolute Gasteiger partial charge is 0.340 e. The van der Waals surface area contributed by atoms with Crippen LogP contribution in [-0.2, 0) is 18.4 Å². The molecule has 1 saturated carbocycles. The van der Waals surface area contributed by atoms with Gasteiger partial charge in [-0.25, -0.2) is 0 Å². The maximum Gasteiger partial charge on any atom is 0.340 e. The molecule has 2 atom stereocenters. The molecule has 4 nitrogen and oxygen atoms in total. The molecule has 5 heteroatoms. The second-order valence-corrected chi connectivity index (χ2v) is 7.33. The van der Waals surface area contributed by atoms with Gasteiger partial charge in [0.25, 0.3) is 0 Å². The molecule has 1 rings (SSSR count). The van der Waals surface area contributed by atoms with Crippen LogP contribution in [0, 0.1) is 5.92 Å². The third kappa shape index (κ3) is 3.66. The van der Waals surface area contributed by atoms with Crippen LogP contribution in [0.25, 0.3) is 0 Å². The van der Waals surface area contributed by atoms with Gasteiger partial charge in [-0.3, -0.25) is 9.36 Å². The maximum absolute atomic E-state index is 12.4. The Morgan fingerprint density at radius 1 is 1.22 bits per heavy atom. The number of hydrogen-bond donors (Lipinski definition) is 0. The van der Waals surface area contributed by atoms with E-state index in [0.29, 0.717) is 6.42 Å². The molecule has 0 aromatic rings. The second-order valence-electron chi connectivity index (χ2n) is 4.96. The molecule has 0 heterocycles. The standard InChI is InChI=1S/C13H25O4P/c1-4-5-6-7-8-11-9-10-12(14)13(11)18(15,16-2)17-3/h11,13H,4-10H2,1-3H3/t11-,13+/m1/s1. The quantitative estimate of drug-likeness (QED) is 0.500. The molecule has 0 unspecified atom stereocenters. The van der Waals surface area contributed by atoms with E-state index in [2.05, 4.69) is 6.92 Å². The average Bonchev–Trinajstić information content (AvgIpc) is 2.76. The second kappa shape index (κ2) is 7.42. The van der Waals surface area contributed by atoms with Crippen LogP contribution in [0.5, 0.6) is 0 Å². The van der Waals surface area contributed by atoms with Gasteiger partial charge in [0.05, 0.1) is 0 Å². The number of carbonyl (C=O) groups is 1. The number of Topliss-reactive ketones (excluding diaryl/α,β-unsaturated/α-hetero) is 1. The summed E-state index contributed by atoms with van der Waals surface area (Å²) in [5, 5.41) is 0. The number of rotatable bonds is 8. The molecule has 0 aliphatic heterocycles.